The van der Waals surface area contributed by atoms with Crippen molar-refractivity contribution in [1.82, 2.24) is 0 Å². The van der Waals surface area contributed by atoms with E-state index < -0.39 is 10.1 Å². The molecule has 3 aromatic rings. The molecular weight excluding hydrogens is 466 g/mol. The van der Waals surface area contributed by atoms with Crippen molar-refractivity contribution in [2.45, 2.75) is 11.8 Å². The van der Waals surface area contributed by atoms with Gasteiger partial charge in [0.05, 0.1) is 0 Å². The number of hydrogen-bond donors (Lipinski definition) is 2. The molecule has 0 fully saturated rings. The first-order valence-corrected chi connectivity index (χ1v) is 8.51. The van der Waals surface area contributed by atoms with Gasteiger partial charge in [-0.3, -0.25) is 4.55 Å². The molecule has 2 N–H and O–H groups in total. The van der Waals surface area contributed by atoms with E-state index in [9.17, 15) is 18.1 Å². The Balaban J connectivity index is 0.00000225. The Morgan fingerprint density at radius 3 is 2.40 bits per heavy atom. The van der Waals surface area contributed by atoms with Crippen molar-refractivity contribution in [3.8, 4) is 5.75 Å². The van der Waals surface area contributed by atoms with Crippen LogP contribution in [0.25, 0.3) is 10.8 Å². The molecule has 6 nitrogen and oxygen atoms in total. The monoisotopic (exact) mass is 480 g/mol. The maximum atomic E-state index is 11.5. The molecule has 0 saturated carbocycles. The van der Waals surface area contributed by atoms with Crippen LogP contribution in [0.4, 0.5) is 11.4 Å². The van der Waals surface area contributed by atoms with Crippen LogP contribution in [-0.4, -0.2) is 67.0 Å². The van der Waals surface area contributed by atoms with Crippen molar-refractivity contribution in [2.24, 2.45) is 10.2 Å². The van der Waals surface area contributed by atoms with E-state index >= 15 is 0 Å². The zero-order chi connectivity index (χ0) is 17.3. The van der Waals surface area contributed by atoms with E-state index in [0.29, 0.717) is 10.9 Å². The molecule has 124 valence electrons. The van der Waals surface area contributed by atoms with Crippen LogP contribution < -0.4 is 0 Å². The second-order valence-corrected chi connectivity index (χ2v) is 6.69. The van der Waals surface area contributed by atoms with E-state index in [0.717, 1.165) is 5.39 Å². The third kappa shape index (κ3) is 4.50. The number of phenols is 1. The smallest absolute Gasteiger partial charge is 0.296 e. The average molecular weight is 480 g/mol. The van der Waals surface area contributed by atoms with Crippen molar-refractivity contribution in [3.63, 3.8) is 0 Å². The van der Waals surface area contributed by atoms with Crippen LogP contribution in [0.15, 0.2) is 69.7 Å². The number of benzene rings is 3. The first-order chi connectivity index (χ1) is 11.4. The molecule has 0 aliphatic carbocycles. The zero-order valence-electron chi connectivity index (χ0n) is 13.4. The standard InChI is InChI=1S/C17H14N2O4S.Ba/c1-11-6-8-14(16(10-11)24(21,22)23)18-19-17-13-5-3-2-4-12(13)7-9-15(17)20;/h2-10,20H,1H3,(H,21,22,23);. The van der Waals surface area contributed by atoms with Crippen LogP contribution in [0.2, 0.25) is 0 Å². The fraction of sp³-hybridized carbons (Fsp3) is 0.0588. The van der Waals surface area contributed by atoms with Gasteiger partial charge >= 0.3 is 0 Å². The van der Waals surface area contributed by atoms with E-state index in [-0.39, 0.29) is 70.9 Å². The fourth-order valence-corrected chi connectivity index (χ4v) is 3.07. The Morgan fingerprint density at radius 1 is 0.960 bits per heavy atom. The summed E-state index contributed by atoms with van der Waals surface area (Å²) < 4.78 is 32.3. The second-order valence-electron chi connectivity index (χ2n) is 5.30. The Hall–Kier alpha value is -1.20. The normalized spacial score (nSPS) is 11.6. The molecule has 0 bridgehead atoms. The molecule has 0 aromatic heterocycles. The number of nitrogens with zero attached hydrogens (tertiary/aromatic N) is 2. The van der Waals surface area contributed by atoms with Gasteiger partial charge < -0.3 is 5.11 Å². The van der Waals surface area contributed by atoms with Gasteiger partial charge in [-0.05, 0) is 36.1 Å². The van der Waals surface area contributed by atoms with Gasteiger partial charge in [0, 0.05) is 54.3 Å². The van der Waals surface area contributed by atoms with E-state index in [1.807, 2.05) is 12.1 Å². The Labute approximate surface area is 185 Å². The van der Waals surface area contributed by atoms with E-state index in [2.05, 4.69) is 10.2 Å². The Kier molecular flexibility index (Phi) is 6.44. The second kappa shape index (κ2) is 8.00. The van der Waals surface area contributed by atoms with Gasteiger partial charge in [0.1, 0.15) is 22.0 Å². The zero-order valence-corrected chi connectivity index (χ0v) is 18.7. The van der Waals surface area contributed by atoms with Gasteiger partial charge in [-0.2, -0.15) is 8.42 Å². The quantitative estimate of drug-likeness (QED) is 0.335. The maximum absolute atomic E-state index is 11.5. The summed E-state index contributed by atoms with van der Waals surface area (Å²) in [4.78, 5) is -0.328. The Morgan fingerprint density at radius 2 is 1.68 bits per heavy atom. The number of aryl methyl sites for hydroxylation is 1. The van der Waals surface area contributed by atoms with E-state index in [1.165, 1.54) is 18.2 Å². The summed E-state index contributed by atoms with van der Waals surface area (Å²) in [7, 11) is -4.43. The first kappa shape index (κ1) is 20.1. The Bertz CT molecular complexity index is 1070. The molecule has 0 heterocycles. The van der Waals surface area contributed by atoms with Crippen molar-refractivity contribution in [3.05, 3.63) is 60.2 Å². The van der Waals surface area contributed by atoms with E-state index in [4.69, 9.17) is 0 Å². The van der Waals surface area contributed by atoms with Crippen molar-refractivity contribution >= 4 is 81.1 Å². The van der Waals surface area contributed by atoms with Crippen LogP contribution in [0.3, 0.4) is 0 Å². The molecule has 0 aliphatic rings. The van der Waals surface area contributed by atoms with Gasteiger partial charge in [0.2, 0.25) is 0 Å². The molecule has 3 aromatic carbocycles. The summed E-state index contributed by atoms with van der Waals surface area (Å²) in [6.07, 6.45) is 0. The molecule has 2 radical (unpaired) electrons. The van der Waals surface area contributed by atoms with Crippen molar-refractivity contribution in [2.75, 3.05) is 0 Å². The summed E-state index contributed by atoms with van der Waals surface area (Å²) in [5.74, 6) is -0.0713. The van der Waals surface area contributed by atoms with Crippen LogP contribution in [0.5, 0.6) is 5.75 Å². The third-order valence-corrected chi connectivity index (χ3v) is 4.41. The predicted molar refractivity (Wildman–Crippen MR) is 96.5 cm³/mol. The number of rotatable bonds is 3. The minimum Gasteiger partial charge on any atom is -0.506 e. The molecule has 0 amide bonds. The van der Waals surface area contributed by atoms with Gasteiger partial charge in [-0.1, -0.05) is 36.4 Å². The largest absolute Gasteiger partial charge is 0.506 e. The van der Waals surface area contributed by atoms with Crippen LogP contribution >= 0.6 is 0 Å². The summed E-state index contributed by atoms with van der Waals surface area (Å²) in [6.45, 7) is 1.70. The first-order valence-electron chi connectivity index (χ1n) is 7.07. The number of azo groups is 1. The number of fused-ring (bicyclic) bond motifs is 1. The van der Waals surface area contributed by atoms with Crippen LogP contribution in [0.1, 0.15) is 5.56 Å². The summed E-state index contributed by atoms with van der Waals surface area (Å²) in [5, 5.41) is 19.5. The molecule has 25 heavy (non-hydrogen) atoms. The minimum absolute atomic E-state index is 0. The molecule has 0 unspecified atom stereocenters. The number of aromatic hydroxyl groups is 1. The van der Waals surface area contributed by atoms with Gasteiger partial charge in [-0.25, -0.2) is 0 Å². The molecule has 0 saturated heterocycles. The SMILES string of the molecule is Cc1ccc(N=Nc2c(O)ccc3ccccc23)c(S(=O)(=O)O)c1.[Ba]. The molecule has 0 spiro atoms. The molecule has 3 rings (SSSR count). The molecular formula is C17H14BaN2O4S. The average Bonchev–Trinajstić information content (AvgIpc) is 2.54. The van der Waals surface area contributed by atoms with Gasteiger partial charge in [0.25, 0.3) is 10.1 Å². The topological polar surface area (TPSA) is 99.3 Å². The van der Waals surface area contributed by atoms with Crippen LogP contribution in [0, 0.1) is 6.92 Å². The molecule has 8 heteroatoms. The summed E-state index contributed by atoms with van der Waals surface area (Å²) >= 11 is 0. The predicted octanol–water partition coefficient (Wildman–Crippen LogP) is 4.14. The van der Waals surface area contributed by atoms with Gasteiger partial charge in [0.15, 0.2) is 0 Å². The van der Waals surface area contributed by atoms with Gasteiger partial charge in [-0.15, -0.1) is 10.2 Å². The van der Waals surface area contributed by atoms with Crippen molar-refractivity contribution < 1.29 is 18.1 Å². The minimum atomic E-state index is -4.43. The summed E-state index contributed by atoms with van der Waals surface area (Å²) in [5.41, 5.74) is 0.889. The fourth-order valence-electron chi connectivity index (χ4n) is 2.36. The third-order valence-electron chi connectivity index (χ3n) is 3.53. The number of phenolic OH excluding ortho intramolecular Hbond substituents is 1. The van der Waals surface area contributed by atoms with E-state index in [1.54, 1.807) is 31.2 Å². The van der Waals surface area contributed by atoms with Crippen molar-refractivity contribution in [1.29, 1.82) is 0 Å². The van der Waals surface area contributed by atoms with Crippen LogP contribution in [-0.2, 0) is 10.1 Å². The maximum Gasteiger partial charge on any atom is 0.296 e. The molecule has 0 aliphatic heterocycles. The summed E-state index contributed by atoms with van der Waals surface area (Å²) in [6, 6.07) is 15.0. The number of hydrogen-bond acceptors (Lipinski definition) is 5. The molecule has 0 atom stereocenters.